The molecule has 0 radical (unpaired) electrons. The van der Waals surface area contributed by atoms with Gasteiger partial charge in [-0.2, -0.15) is 0 Å². The van der Waals surface area contributed by atoms with E-state index >= 15 is 0 Å². The average molecular weight is 461 g/mol. The quantitative estimate of drug-likeness (QED) is 0.453. The van der Waals surface area contributed by atoms with E-state index < -0.39 is 9.74 Å². The predicted octanol–water partition coefficient (Wildman–Crippen LogP) is 4.79. The van der Waals surface area contributed by atoms with Gasteiger partial charge in [-0.3, -0.25) is 14.5 Å². The number of allylic oxidation sites excluding steroid dienone is 2. The molecule has 5 heteroatoms. The molecule has 2 aliphatic heterocycles. The number of fused-ring (bicyclic) bond motifs is 3. The number of benzene rings is 2. The molecule has 2 aromatic carbocycles. The van der Waals surface area contributed by atoms with Crippen molar-refractivity contribution in [1.82, 2.24) is 0 Å². The Bertz CT molecular complexity index is 949. The first-order chi connectivity index (χ1) is 11.8. The minimum atomic E-state index is -1.43. The van der Waals surface area contributed by atoms with Crippen molar-refractivity contribution < 1.29 is 9.59 Å². The molecule has 0 bridgehead atoms. The Balaban J connectivity index is 2.03. The Hall–Kier alpha value is -1.72. The van der Waals surface area contributed by atoms with E-state index in [4.69, 9.17) is 0 Å². The van der Waals surface area contributed by atoms with E-state index in [2.05, 4.69) is 31.9 Å². The molecule has 25 heavy (non-hydrogen) atoms. The Morgan fingerprint density at radius 1 is 0.920 bits per heavy atom. The van der Waals surface area contributed by atoms with Crippen LogP contribution in [0.25, 0.3) is 0 Å². The van der Waals surface area contributed by atoms with Crippen molar-refractivity contribution >= 4 is 49.2 Å². The average Bonchev–Trinajstić information content (AvgIpc) is 2.87. The van der Waals surface area contributed by atoms with Gasteiger partial charge in [0, 0.05) is 5.41 Å². The summed E-state index contributed by atoms with van der Waals surface area (Å²) in [5, 5.41) is 0. The number of amides is 1. The highest BCUT2D eigenvalue weighted by atomic mass is 79.9. The lowest BCUT2D eigenvalue weighted by Crippen LogP contribution is -2.52. The minimum absolute atomic E-state index is 0.268. The van der Waals surface area contributed by atoms with Gasteiger partial charge in [-0.25, -0.2) is 0 Å². The van der Waals surface area contributed by atoms with Crippen molar-refractivity contribution in [1.29, 1.82) is 0 Å². The molecule has 3 nitrogen and oxygen atoms in total. The highest BCUT2D eigenvalue weighted by molar-refractivity contribution is 9.12. The van der Waals surface area contributed by atoms with Gasteiger partial charge in [-0.05, 0) is 33.1 Å². The van der Waals surface area contributed by atoms with Gasteiger partial charge in [0.15, 0.2) is 4.32 Å². The first kappa shape index (κ1) is 16.7. The van der Waals surface area contributed by atoms with E-state index in [9.17, 15) is 9.59 Å². The molecule has 2 heterocycles. The number of carbonyl (C=O) groups excluding carboxylic acids is 2. The SMILES string of the molecule is CC1(C)C2=C(Br)C(=O)C(Br)(c3ccccc3)C(=O)N2c2ccccc21. The first-order valence-electron chi connectivity index (χ1n) is 7.95. The number of hydrogen-bond acceptors (Lipinski definition) is 2. The van der Waals surface area contributed by atoms with Crippen molar-refractivity contribution in [2.24, 2.45) is 0 Å². The van der Waals surface area contributed by atoms with Crippen molar-refractivity contribution in [2.45, 2.75) is 23.6 Å². The summed E-state index contributed by atoms with van der Waals surface area (Å²) < 4.78 is -0.988. The van der Waals surface area contributed by atoms with Gasteiger partial charge in [0.1, 0.15) is 0 Å². The third-order valence-corrected chi connectivity index (χ3v) is 6.92. The zero-order chi connectivity index (χ0) is 18.0. The van der Waals surface area contributed by atoms with Crippen molar-refractivity contribution in [3.05, 3.63) is 75.9 Å². The summed E-state index contributed by atoms with van der Waals surface area (Å²) >= 11 is 7.00. The van der Waals surface area contributed by atoms with Crippen molar-refractivity contribution in [2.75, 3.05) is 4.90 Å². The second kappa shape index (κ2) is 5.39. The number of alkyl halides is 1. The van der Waals surface area contributed by atoms with Crippen LogP contribution in [0.1, 0.15) is 25.0 Å². The Labute approximate surface area is 163 Å². The zero-order valence-corrected chi connectivity index (χ0v) is 16.9. The topological polar surface area (TPSA) is 37.4 Å². The maximum absolute atomic E-state index is 13.5. The summed E-state index contributed by atoms with van der Waals surface area (Å²) in [6, 6.07) is 16.9. The molecule has 4 rings (SSSR count). The summed E-state index contributed by atoms with van der Waals surface area (Å²) in [5.41, 5.74) is 2.76. The molecule has 1 atom stereocenters. The molecular formula is C20H15Br2NO2. The molecule has 1 unspecified atom stereocenters. The molecule has 0 N–H and O–H groups in total. The number of anilines is 1. The van der Waals surface area contributed by atoms with Crippen LogP contribution in [0.2, 0.25) is 0 Å². The largest absolute Gasteiger partial charge is 0.291 e. The fourth-order valence-electron chi connectivity index (χ4n) is 3.74. The van der Waals surface area contributed by atoms with Crippen LogP contribution in [-0.4, -0.2) is 11.7 Å². The highest BCUT2D eigenvalue weighted by Gasteiger charge is 2.58. The number of nitrogens with zero attached hydrogens (tertiary/aromatic N) is 1. The molecule has 0 aliphatic carbocycles. The smallest absolute Gasteiger partial charge is 0.260 e. The Morgan fingerprint density at radius 3 is 2.20 bits per heavy atom. The van der Waals surface area contributed by atoms with Crippen LogP contribution in [0.3, 0.4) is 0 Å². The number of carbonyl (C=O) groups is 2. The summed E-state index contributed by atoms with van der Waals surface area (Å²) in [6.45, 7) is 4.07. The van der Waals surface area contributed by atoms with E-state index in [1.54, 1.807) is 17.0 Å². The third-order valence-electron chi connectivity index (χ3n) is 5.02. The summed E-state index contributed by atoms with van der Waals surface area (Å²) in [6.07, 6.45) is 0. The number of ketones is 1. The van der Waals surface area contributed by atoms with Gasteiger partial charge in [0.25, 0.3) is 5.91 Å². The standard InChI is InChI=1S/C20H15Br2NO2/c1-19(2)13-10-6-7-11-14(13)23-16(19)15(21)17(24)20(22,18(23)25)12-8-4-3-5-9-12/h3-11H,1-2H3. The van der Waals surface area contributed by atoms with Crippen LogP contribution >= 0.6 is 31.9 Å². The number of Topliss-reactive ketones (excluding diaryl/α,β-unsaturated/α-hetero) is 1. The zero-order valence-electron chi connectivity index (χ0n) is 13.7. The number of rotatable bonds is 1. The normalized spacial score (nSPS) is 24.4. The minimum Gasteiger partial charge on any atom is -0.291 e. The molecular weight excluding hydrogens is 446 g/mol. The first-order valence-corrected chi connectivity index (χ1v) is 9.53. The molecule has 0 saturated carbocycles. The Kier molecular flexibility index (Phi) is 3.61. The van der Waals surface area contributed by atoms with Gasteiger partial charge in [-0.15, -0.1) is 0 Å². The maximum atomic E-state index is 13.5. The second-order valence-corrected chi connectivity index (χ2v) is 8.78. The number of hydrogen-bond donors (Lipinski definition) is 0. The summed E-state index contributed by atoms with van der Waals surface area (Å²) in [7, 11) is 0. The van der Waals surface area contributed by atoms with Gasteiger partial charge in [0.2, 0.25) is 5.78 Å². The van der Waals surface area contributed by atoms with Crippen molar-refractivity contribution in [3.63, 3.8) is 0 Å². The van der Waals surface area contributed by atoms with Crippen LogP contribution < -0.4 is 4.90 Å². The van der Waals surface area contributed by atoms with Crippen LogP contribution in [-0.2, 0) is 19.3 Å². The van der Waals surface area contributed by atoms with Crippen LogP contribution in [0.4, 0.5) is 5.69 Å². The predicted molar refractivity (Wildman–Crippen MR) is 105 cm³/mol. The van der Waals surface area contributed by atoms with E-state index in [1.165, 1.54) is 0 Å². The maximum Gasteiger partial charge on any atom is 0.260 e. The number of para-hydroxylation sites is 1. The van der Waals surface area contributed by atoms with E-state index in [-0.39, 0.29) is 11.7 Å². The lowest BCUT2D eigenvalue weighted by atomic mass is 9.81. The molecule has 1 amide bonds. The highest BCUT2D eigenvalue weighted by Crippen LogP contribution is 2.55. The lowest BCUT2D eigenvalue weighted by molar-refractivity contribution is -0.128. The van der Waals surface area contributed by atoms with Crippen LogP contribution in [0.15, 0.2) is 64.8 Å². The summed E-state index contributed by atoms with van der Waals surface area (Å²) in [4.78, 5) is 28.5. The number of halogens is 2. The molecule has 0 aromatic heterocycles. The molecule has 0 saturated heterocycles. The fraction of sp³-hybridized carbons (Fsp3) is 0.200. The second-order valence-electron chi connectivity index (χ2n) is 6.80. The molecule has 0 fully saturated rings. The lowest BCUT2D eigenvalue weighted by Gasteiger charge is -2.38. The van der Waals surface area contributed by atoms with Gasteiger partial charge in [-0.1, -0.05) is 78.3 Å². The van der Waals surface area contributed by atoms with Gasteiger partial charge >= 0.3 is 0 Å². The molecule has 2 aromatic rings. The third kappa shape index (κ3) is 2.02. The molecule has 126 valence electrons. The van der Waals surface area contributed by atoms with Crippen LogP contribution in [0.5, 0.6) is 0 Å². The summed E-state index contributed by atoms with van der Waals surface area (Å²) in [5.74, 6) is -0.546. The van der Waals surface area contributed by atoms with E-state index in [0.717, 1.165) is 11.3 Å². The monoisotopic (exact) mass is 459 g/mol. The van der Waals surface area contributed by atoms with Crippen molar-refractivity contribution in [3.8, 4) is 0 Å². The van der Waals surface area contributed by atoms with Gasteiger partial charge in [0.05, 0.1) is 15.9 Å². The molecule has 0 spiro atoms. The Morgan fingerprint density at radius 2 is 1.52 bits per heavy atom. The fourth-order valence-corrected chi connectivity index (χ4v) is 5.62. The van der Waals surface area contributed by atoms with Gasteiger partial charge < -0.3 is 0 Å². The molecule has 2 aliphatic rings. The van der Waals surface area contributed by atoms with Crippen LogP contribution in [0, 0.1) is 0 Å². The van der Waals surface area contributed by atoms with E-state index in [1.807, 2.05) is 56.3 Å². The van der Waals surface area contributed by atoms with E-state index in [0.29, 0.717) is 15.7 Å².